The van der Waals surface area contributed by atoms with Crippen molar-refractivity contribution >= 4 is 28.3 Å². The second-order valence-electron chi connectivity index (χ2n) is 6.91. The largest absolute Gasteiger partial charge is 0.368 e. The van der Waals surface area contributed by atoms with Crippen molar-refractivity contribution in [3.8, 4) is 11.4 Å². The Labute approximate surface area is 182 Å². The number of carbonyl (C=O) groups excluding carboxylic acids is 1. The first-order valence-corrected chi connectivity index (χ1v) is 9.80. The smallest absolute Gasteiger partial charge is 0.270 e. The summed E-state index contributed by atoms with van der Waals surface area (Å²) < 4.78 is 13.3. The lowest BCUT2D eigenvalue weighted by Gasteiger charge is -2.12. The van der Waals surface area contributed by atoms with Crippen LogP contribution in [0.25, 0.3) is 22.3 Å². The van der Waals surface area contributed by atoms with E-state index in [1.807, 2.05) is 24.3 Å². The molecule has 0 unspecified atom stereocenters. The highest BCUT2D eigenvalue weighted by Crippen LogP contribution is 2.25. The van der Waals surface area contributed by atoms with Crippen molar-refractivity contribution in [2.75, 3.05) is 18.4 Å². The van der Waals surface area contributed by atoms with E-state index in [4.69, 9.17) is 0 Å². The molecule has 32 heavy (non-hydrogen) atoms. The van der Waals surface area contributed by atoms with Crippen molar-refractivity contribution in [2.45, 2.75) is 0 Å². The minimum absolute atomic E-state index is 0.142. The number of anilines is 1. The average molecular weight is 431 g/mol. The summed E-state index contributed by atoms with van der Waals surface area (Å²) in [4.78, 5) is 31.8. The molecular weight excluding hydrogens is 413 g/mol. The van der Waals surface area contributed by atoms with E-state index in [0.29, 0.717) is 23.8 Å². The van der Waals surface area contributed by atoms with E-state index in [-0.39, 0.29) is 23.6 Å². The Balaban J connectivity index is 1.47. The van der Waals surface area contributed by atoms with E-state index >= 15 is 0 Å². The lowest BCUT2D eigenvalue weighted by Crippen LogP contribution is -2.29. The molecule has 0 aliphatic carbocycles. The second-order valence-corrected chi connectivity index (χ2v) is 6.91. The van der Waals surface area contributed by atoms with Crippen LogP contribution in [-0.2, 0) is 0 Å². The van der Waals surface area contributed by atoms with Gasteiger partial charge in [0.25, 0.3) is 11.6 Å². The van der Waals surface area contributed by atoms with E-state index in [1.165, 1.54) is 36.4 Å². The number of hydrogen-bond donors (Lipinski definition) is 2. The molecule has 0 atom stereocenters. The van der Waals surface area contributed by atoms with Crippen molar-refractivity contribution in [3.05, 3.63) is 94.3 Å². The maximum absolute atomic E-state index is 13.3. The number of hydrogen-bond acceptors (Lipinski definition) is 6. The molecule has 0 bridgehead atoms. The van der Waals surface area contributed by atoms with Gasteiger partial charge in [-0.1, -0.05) is 18.2 Å². The van der Waals surface area contributed by atoms with Crippen LogP contribution in [0.5, 0.6) is 0 Å². The number of nitro benzene ring substituents is 1. The number of fused-ring (bicyclic) bond motifs is 1. The van der Waals surface area contributed by atoms with Gasteiger partial charge in [-0.2, -0.15) is 0 Å². The third kappa shape index (κ3) is 4.67. The molecule has 9 heteroatoms. The molecule has 0 fully saturated rings. The van der Waals surface area contributed by atoms with Crippen molar-refractivity contribution in [1.29, 1.82) is 0 Å². The highest BCUT2D eigenvalue weighted by Gasteiger charge is 2.12. The third-order valence-corrected chi connectivity index (χ3v) is 4.73. The molecule has 1 aromatic heterocycles. The standard InChI is InChI=1S/C23H18FN5O3/c24-17-10-8-15(9-11-17)21-27-20-7-2-1-6-19(20)22(28-21)25-12-13-26-23(30)16-4-3-5-18(14-16)29(31)32/h1-11,14H,12-13H2,(H,26,30)(H,25,27,28). The minimum atomic E-state index is -0.544. The quantitative estimate of drug-likeness (QED) is 0.258. The van der Waals surface area contributed by atoms with Crippen LogP contribution < -0.4 is 10.6 Å². The van der Waals surface area contributed by atoms with Crippen molar-refractivity contribution in [1.82, 2.24) is 15.3 Å². The van der Waals surface area contributed by atoms with Gasteiger partial charge in [0.05, 0.1) is 10.4 Å². The maximum atomic E-state index is 13.3. The zero-order valence-electron chi connectivity index (χ0n) is 16.8. The molecule has 160 valence electrons. The van der Waals surface area contributed by atoms with Crippen LogP contribution in [0, 0.1) is 15.9 Å². The van der Waals surface area contributed by atoms with Gasteiger partial charge in [-0.3, -0.25) is 14.9 Å². The molecule has 1 amide bonds. The topological polar surface area (TPSA) is 110 Å². The summed E-state index contributed by atoms with van der Waals surface area (Å²) >= 11 is 0. The van der Waals surface area contributed by atoms with Crippen LogP contribution in [0.2, 0.25) is 0 Å². The number of amides is 1. The van der Waals surface area contributed by atoms with Gasteiger partial charge in [0.15, 0.2) is 5.82 Å². The van der Waals surface area contributed by atoms with E-state index in [9.17, 15) is 19.3 Å². The molecule has 4 rings (SSSR count). The number of benzene rings is 3. The third-order valence-electron chi connectivity index (χ3n) is 4.73. The van der Waals surface area contributed by atoms with Crippen LogP contribution in [0.15, 0.2) is 72.8 Å². The monoisotopic (exact) mass is 431 g/mol. The number of halogens is 1. The normalized spacial score (nSPS) is 10.7. The van der Waals surface area contributed by atoms with Gasteiger partial charge in [0, 0.05) is 41.7 Å². The van der Waals surface area contributed by atoms with Gasteiger partial charge in [-0.05, 0) is 42.5 Å². The fraction of sp³-hybridized carbons (Fsp3) is 0.0870. The van der Waals surface area contributed by atoms with Crippen LogP contribution in [0.4, 0.5) is 15.9 Å². The molecule has 0 radical (unpaired) electrons. The van der Waals surface area contributed by atoms with Crippen molar-refractivity contribution in [2.24, 2.45) is 0 Å². The molecule has 0 aliphatic rings. The number of carbonyl (C=O) groups is 1. The first-order valence-electron chi connectivity index (χ1n) is 9.80. The summed E-state index contributed by atoms with van der Waals surface area (Å²) in [5.74, 6) is 0.286. The fourth-order valence-electron chi connectivity index (χ4n) is 3.16. The zero-order chi connectivity index (χ0) is 22.5. The first kappa shape index (κ1) is 20.9. The first-order chi connectivity index (χ1) is 15.5. The predicted octanol–water partition coefficient (Wildman–Crippen LogP) is 4.19. The van der Waals surface area contributed by atoms with Gasteiger partial charge in [0.1, 0.15) is 11.6 Å². The van der Waals surface area contributed by atoms with Gasteiger partial charge in [-0.15, -0.1) is 0 Å². The number of aromatic nitrogens is 2. The molecule has 0 saturated carbocycles. The average Bonchev–Trinajstić information content (AvgIpc) is 2.82. The summed E-state index contributed by atoms with van der Waals surface area (Å²) in [5.41, 5.74) is 1.48. The highest BCUT2D eigenvalue weighted by atomic mass is 19.1. The molecule has 0 spiro atoms. The SMILES string of the molecule is O=C(NCCNc1nc(-c2ccc(F)cc2)nc2ccccc12)c1cccc([N+](=O)[O-])c1. The Hall–Kier alpha value is -4.40. The molecule has 4 aromatic rings. The number of non-ortho nitro benzene ring substituents is 1. The highest BCUT2D eigenvalue weighted by molar-refractivity contribution is 5.95. The summed E-state index contributed by atoms with van der Waals surface area (Å²) in [5, 5.41) is 17.6. The number of nitrogens with zero attached hydrogens (tertiary/aromatic N) is 3. The van der Waals surface area contributed by atoms with E-state index in [1.54, 1.807) is 12.1 Å². The minimum Gasteiger partial charge on any atom is -0.368 e. The molecule has 1 heterocycles. The summed E-state index contributed by atoms with van der Waals surface area (Å²) in [6.07, 6.45) is 0. The van der Waals surface area contributed by atoms with Crippen LogP contribution >= 0.6 is 0 Å². The summed E-state index contributed by atoms with van der Waals surface area (Å²) in [6, 6.07) is 19.0. The second kappa shape index (κ2) is 9.17. The Morgan fingerprint density at radius 2 is 1.75 bits per heavy atom. The Morgan fingerprint density at radius 3 is 2.53 bits per heavy atom. The number of nitro groups is 1. The Bertz CT molecular complexity index is 1290. The van der Waals surface area contributed by atoms with E-state index < -0.39 is 10.8 Å². The van der Waals surface area contributed by atoms with Crippen LogP contribution in [-0.4, -0.2) is 33.9 Å². The Morgan fingerprint density at radius 1 is 0.969 bits per heavy atom. The number of rotatable bonds is 7. The van der Waals surface area contributed by atoms with E-state index in [0.717, 1.165) is 10.9 Å². The molecule has 3 aromatic carbocycles. The zero-order valence-corrected chi connectivity index (χ0v) is 16.8. The molecule has 0 saturated heterocycles. The summed E-state index contributed by atoms with van der Waals surface area (Å²) in [7, 11) is 0. The van der Waals surface area contributed by atoms with Crippen molar-refractivity contribution < 1.29 is 14.1 Å². The molecule has 2 N–H and O–H groups in total. The van der Waals surface area contributed by atoms with Gasteiger partial charge < -0.3 is 10.6 Å². The lowest BCUT2D eigenvalue weighted by atomic mass is 10.2. The molecule has 0 aliphatic heterocycles. The number of nitrogens with one attached hydrogen (secondary N) is 2. The fourth-order valence-corrected chi connectivity index (χ4v) is 3.16. The maximum Gasteiger partial charge on any atom is 0.270 e. The number of para-hydroxylation sites is 1. The van der Waals surface area contributed by atoms with Gasteiger partial charge >= 0.3 is 0 Å². The molecule has 8 nitrogen and oxygen atoms in total. The van der Waals surface area contributed by atoms with Crippen molar-refractivity contribution in [3.63, 3.8) is 0 Å². The van der Waals surface area contributed by atoms with Crippen LogP contribution in [0.1, 0.15) is 10.4 Å². The van der Waals surface area contributed by atoms with Crippen LogP contribution in [0.3, 0.4) is 0 Å². The van der Waals surface area contributed by atoms with Gasteiger partial charge in [0.2, 0.25) is 0 Å². The molecular formula is C23H18FN5O3. The Kier molecular flexibility index (Phi) is 5.98. The van der Waals surface area contributed by atoms with Gasteiger partial charge in [-0.25, -0.2) is 14.4 Å². The lowest BCUT2D eigenvalue weighted by molar-refractivity contribution is -0.384. The predicted molar refractivity (Wildman–Crippen MR) is 119 cm³/mol. The van der Waals surface area contributed by atoms with E-state index in [2.05, 4.69) is 20.6 Å². The summed E-state index contributed by atoms with van der Waals surface area (Å²) in [6.45, 7) is 0.635.